The number of aromatic nitrogens is 1. The van der Waals surface area contributed by atoms with Crippen LogP contribution in [-0.4, -0.2) is 41.6 Å². The average molecular weight is 337 g/mol. The van der Waals surface area contributed by atoms with Gasteiger partial charge in [-0.3, -0.25) is 0 Å². The number of nitrogens with zero attached hydrogens (tertiary/aromatic N) is 2. The summed E-state index contributed by atoms with van der Waals surface area (Å²) in [5.41, 5.74) is 0.543. The van der Waals surface area contributed by atoms with E-state index in [4.69, 9.17) is 11.6 Å². The number of carbonyl (C=O) groups excluding carboxylic acids is 1. The van der Waals surface area contributed by atoms with Crippen LogP contribution in [0, 0.1) is 5.92 Å². The van der Waals surface area contributed by atoms with Gasteiger partial charge in [-0.2, -0.15) is 0 Å². The minimum absolute atomic E-state index is 0.212. The molecule has 0 aromatic carbocycles. The fraction of sp³-hybridized carbons (Fsp3) is 0.647. The number of hydrogen-bond donors (Lipinski definition) is 2. The topological polar surface area (TPSA) is 57.3 Å². The van der Waals surface area contributed by atoms with Crippen molar-refractivity contribution >= 4 is 23.3 Å². The maximum Gasteiger partial charge on any atom is 0.319 e. The fourth-order valence-electron chi connectivity index (χ4n) is 3.69. The molecule has 1 saturated carbocycles. The SMILES string of the molecule is O=C(NCC1CCN(C2CCCCC2)C1)Nc1cccnc1Cl. The standard InChI is InChI=1S/C17H25ClN4O/c18-16-15(7-4-9-19-16)21-17(23)20-11-13-8-10-22(12-13)14-5-2-1-3-6-14/h4,7,9,13-14H,1-3,5-6,8,10-12H2,(H2,20,21,23). The van der Waals surface area contributed by atoms with Gasteiger partial charge in [0.25, 0.3) is 0 Å². The van der Waals surface area contributed by atoms with Crippen molar-refractivity contribution in [3.05, 3.63) is 23.5 Å². The van der Waals surface area contributed by atoms with Gasteiger partial charge in [-0.05, 0) is 43.9 Å². The largest absolute Gasteiger partial charge is 0.338 e. The van der Waals surface area contributed by atoms with E-state index in [1.54, 1.807) is 18.3 Å². The van der Waals surface area contributed by atoms with Crippen LogP contribution in [0.1, 0.15) is 38.5 Å². The summed E-state index contributed by atoms with van der Waals surface area (Å²) in [6.45, 7) is 3.00. The van der Waals surface area contributed by atoms with Crippen LogP contribution in [0.4, 0.5) is 10.5 Å². The van der Waals surface area contributed by atoms with Crippen LogP contribution in [0.3, 0.4) is 0 Å². The van der Waals surface area contributed by atoms with Gasteiger partial charge in [-0.1, -0.05) is 30.9 Å². The van der Waals surface area contributed by atoms with E-state index in [1.807, 2.05) is 0 Å². The van der Waals surface area contributed by atoms with Gasteiger partial charge < -0.3 is 15.5 Å². The number of likely N-dealkylation sites (tertiary alicyclic amines) is 1. The van der Waals surface area contributed by atoms with Gasteiger partial charge in [-0.15, -0.1) is 0 Å². The van der Waals surface area contributed by atoms with Crippen LogP contribution in [0.15, 0.2) is 18.3 Å². The third-order valence-electron chi connectivity index (χ3n) is 4.97. The Balaban J connectivity index is 1.40. The second-order valence-electron chi connectivity index (χ2n) is 6.62. The third-order valence-corrected chi connectivity index (χ3v) is 5.27. The summed E-state index contributed by atoms with van der Waals surface area (Å²) >= 11 is 5.94. The number of halogens is 1. The summed E-state index contributed by atoms with van der Waals surface area (Å²) in [4.78, 5) is 18.6. The number of nitrogens with one attached hydrogen (secondary N) is 2. The summed E-state index contributed by atoms with van der Waals surface area (Å²) < 4.78 is 0. The zero-order valence-electron chi connectivity index (χ0n) is 13.4. The molecule has 0 bridgehead atoms. The van der Waals surface area contributed by atoms with E-state index >= 15 is 0 Å². The van der Waals surface area contributed by atoms with Crippen molar-refractivity contribution in [3.8, 4) is 0 Å². The molecule has 23 heavy (non-hydrogen) atoms. The highest BCUT2D eigenvalue weighted by atomic mass is 35.5. The molecule has 1 saturated heterocycles. The average Bonchev–Trinajstić information content (AvgIpc) is 3.05. The van der Waals surface area contributed by atoms with Gasteiger partial charge in [0.15, 0.2) is 5.15 Å². The summed E-state index contributed by atoms with van der Waals surface area (Å²) in [7, 11) is 0. The molecule has 0 radical (unpaired) electrons. The van der Waals surface area contributed by atoms with Gasteiger partial charge in [-0.25, -0.2) is 9.78 Å². The van der Waals surface area contributed by atoms with E-state index < -0.39 is 0 Å². The lowest BCUT2D eigenvalue weighted by atomic mass is 9.94. The monoisotopic (exact) mass is 336 g/mol. The van der Waals surface area contributed by atoms with E-state index in [9.17, 15) is 4.79 Å². The van der Waals surface area contributed by atoms with E-state index in [-0.39, 0.29) is 6.03 Å². The molecule has 1 aromatic heterocycles. The molecule has 6 heteroatoms. The minimum Gasteiger partial charge on any atom is -0.338 e. The van der Waals surface area contributed by atoms with Crippen LogP contribution in [0.5, 0.6) is 0 Å². The van der Waals surface area contributed by atoms with Crippen molar-refractivity contribution in [2.75, 3.05) is 25.0 Å². The number of pyridine rings is 1. The molecule has 1 aromatic rings. The van der Waals surface area contributed by atoms with Crippen LogP contribution in [0.25, 0.3) is 0 Å². The summed E-state index contributed by atoms with van der Waals surface area (Å²) in [6, 6.07) is 4.06. The molecule has 3 rings (SSSR count). The van der Waals surface area contributed by atoms with Gasteiger partial charge in [0, 0.05) is 25.3 Å². The summed E-state index contributed by atoms with van der Waals surface area (Å²) in [5.74, 6) is 0.548. The van der Waals surface area contributed by atoms with Crippen LogP contribution in [-0.2, 0) is 0 Å². The van der Waals surface area contributed by atoms with E-state index in [1.165, 1.54) is 45.1 Å². The zero-order chi connectivity index (χ0) is 16.1. The maximum absolute atomic E-state index is 12.0. The smallest absolute Gasteiger partial charge is 0.319 e. The molecule has 1 atom stereocenters. The Morgan fingerprint density at radius 3 is 2.91 bits per heavy atom. The first-order chi connectivity index (χ1) is 11.2. The Kier molecular flexibility index (Phi) is 5.73. The third kappa shape index (κ3) is 4.58. The first-order valence-corrected chi connectivity index (χ1v) is 8.99. The van der Waals surface area contributed by atoms with Crippen molar-refractivity contribution in [2.45, 2.75) is 44.6 Å². The lowest BCUT2D eigenvalue weighted by Gasteiger charge is -2.31. The molecular formula is C17H25ClN4O. The second kappa shape index (κ2) is 7.97. The minimum atomic E-state index is -0.212. The highest BCUT2D eigenvalue weighted by molar-refractivity contribution is 6.32. The normalized spacial score (nSPS) is 22.9. The fourth-order valence-corrected chi connectivity index (χ4v) is 3.86. The van der Waals surface area contributed by atoms with Crippen LogP contribution >= 0.6 is 11.6 Å². The van der Waals surface area contributed by atoms with Crippen molar-refractivity contribution in [1.29, 1.82) is 0 Å². The number of rotatable bonds is 4. The van der Waals surface area contributed by atoms with Crippen molar-refractivity contribution in [2.24, 2.45) is 5.92 Å². The maximum atomic E-state index is 12.0. The van der Waals surface area contributed by atoms with Gasteiger partial charge in [0.2, 0.25) is 0 Å². The highest BCUT2D eigenvalue weighted by Crippen LogP contribution is 2.27. The Bertz CT molecular complexity index is 533. The molecular weight excluding hydrogens is 312 g/mol. The molecule has 1 unspecified atom stereocenters. The Labute approximate surface area is 142 Å². The molecule has 2 aliphatic rings. The number of amides is 2. The number of carbonyl (C=O) groups is 1. The van der Waals surface area contributed by atoms with Crippen molar-refractivity contribution in [3.63, 3.8) is 0 Å². The molecule has 0 spiro atoms. The van der Waals surface area contributed by atoms with Crippen molar-refractivity contribution in [1.82, 2.24) is 15.2 Å². The van der Waals surface area contributed by atoms with Crippen molar-refractivity contribution < 1.29 is 4.79 Å². The molecule has 1 aliphatic carbocycles. The van der Waals surface area contributed by atoms with Crippen LogP contribution < -0.4 is 10.6 Å². The molecule has 1 aliphatic heterocycles. The Morgan fingerprint density at radius 2 is 2.13 bits per heavy atom. The van der Waals surface area contributed by atoms with E-state index in [2.05, 4.69) is 20.5 Å². The molecule has 126 valence electrons. The van der Waals surface area contributed by atoms with E-state index in [0.717, 1.165) is 12.6 Å². The molecule has 2 heterocycles. The first kappa shape index (κ1) is 16.5. The predicted octanol–water partition coefficient (Wildman–Crippen LogP) is 3.51. The molecule has 2 fully saturated rings. The first-order valence-electron chi connectivity index (χ1n) is 8.62. The Hall–Kier alpha value is -1.33. The lowest BCUT2D eigenvalue weighted by molar-refractivity contribution is 0.185. The summed E-state index contributed by atoms with van der Waals surface area (Å²) in [5, 5.41) is 6.02. The predicted molar refractivity (Wildman–Crippen MR) is 92.8 cm³/mol. The second-order valence-corrected chi connectivity index (χ2v) is 6.98. The molecule has 2 amide bonds. The van der Waals surface area contributed by atoms with Gasteiger partial charge >= 0.3 is 6.03 Å². The summed E-state index contributed by atoms with van der Waals surface area (Å²) in [6.07, 6.45) is 9.61. The van der Waals surface area contributed by atoms with Gasteiger partial charge in [0.1, 0.15) is 0 Å². The molecule has 2 N–H and O–H groups in total. The number of hydrogen-bond acceptors (Lipinski definition) is 3. The van der Waals surface area contributed by atoms with E-state index in [0.29, 0.717) is 23.3 Å². The van der Waals surface area contributed by atoms with Gasteiger partial charge in [0.05, 0.1) is 5.69 Å². The zero-order valence-corrected chi connectivity index (χ0v) is 14.2. The Morgan fingerprint density at radius 1 is 1.30 bits per heavy atom. The quantitative estimate of drug-likeness (QED) is 0.827. The number of urea groups is 1. The highest BCUT2D eigenvalue weighted by Gasteiger charge is 2.29. The lowest BCUT2D eigenvalue weighted by Crippen LogP contribution is -2.37. The van der Waals surface area contributed by atoms with Crippen LogP contribution in [0.2, 0.25) is 5.15 Å². The number of anilines is 1. The molecule has 5 nitrogen and oxygen atoms in total.